The first-order chi connectivity index (χ1) is 13.8. The Kier molecular flexibility index (Phi) is 13.6. The van der Waals surface area contributed by atoms with Crippen molar-refractivity contribution < 1.29 is 34.0 Å². The second-order valence-electron chi connectivity index (χ2n) is 8.11. The van der Waals surface area contributed by atoms with Crippen molar-refractivity contribution in [3.8, 4) is 0 Å². The van der Waals surface area contributed by atoms with Gasteiger partial charge in [-0.15, -0.1) is 0 Å². The van der Waals surface area contributed by atoms with Crippen molar-refractivity contribution in [2.24, 2.45) is 5.92 Å². The fourth-order valence-electron chi connectivity index (χ4n) is 3.36. The van der Waals surface area contributed by atoms with Gasteiger partial charge in [-0.05, 0) is 37.2 Å². The summed E-state index contributed by atoms with van der Waals surface area (Å²) in [6.45, 7) is 5.09. The van der Waals surface area contributed by atoms with Crippen LogP contribution >= 0.6 is 0 Å². The fourth-order valence-corrected chi connectivity index (χ4v) is 3.36. The van der Waals surface area contributed by atoms with Crippen molar-refractivity contribution in [3.63, 3.8) is 0 Å². The van der Waals surface area contributed by atoms with E-state index >= 15 is 0 Å². The summed E-state index contributed by atoms with van der Waals surface area (Å²) < 4.78 is 24.8. The maximum atomic E-state index is 14.1. The van der Waals surface area contributed by atoms with Gasteiger partial charge < -0.3 is 24.8 Å². The molecule has 0 aromatic carbocycles. The largest absolute Gasteiger partial charge is 0.391 e. The highest BCUT2D eigenvalue weighted by Gasteiger charge is 2.26. The number of carbonyl (C=O) groups is 1. The van der Waals surface area contributed by atoms with E-state index in [1.807, 2.05) is 13.0 Å². The molecule has 0 aromatic rings. The normalized spacial score (nSPS) is 21.1. The van der Waals surface area contributed by atoms with Gasteiger partial charge in [-0.25, -0.2) is 4.39 Å². The number of aliphatic hydroxyl groups excluding tert-OH is 3. The monoisotopic (exact) mass is 417 g/mol. The van der Waals surface area contributed by atoms with Gasteiger partial charge in [-0.3, -0.25) is 4.79 Å². The van der Waals surface area contributed by atoms with E-state index < -0.39 is 24.5 Å². The van der Waals surface area contributed by atoms with Crippen molar-refractivity contribution in [2.45, 2.75) is 89.7 Å². The number of carbonyl (C=O) groups excluding carboxylic acids is 1. The summed E-state index contributed by atoms with van der Waals surface area (Å²) in [6.07, 6.45) is 2.24. The molecule has 0 fully saturated rings. The van der Waals surface area contributed by atoms with Crippen LogP contribution in [-0.4, -0.2) is 72.0 Å². The number of Topliss-reactive ketones (excluding diaryl/α,β-unsaturated/α-hetero) is 1. The van der Waals surface area contributed by atoms with Gasteiger partial charge in [0.2, 0.25) is 0 Å². The maximum Gasteiger partial charge on any atom is 0.159 e. The molecule has 1 aliphatic rings. The minimum Gasteiger partial charge on any atom is -0.391 e. The third-order valence-electron chi connectivity index (χ3n) is 5.10. The highest BCUT2D eigenvalue weighted by molar-refractivity contribution is 5.97. The highest BCUT2D eigenvalue weighted by atomic mass is 18.2. The topological polar surface area (TPSA) is 96.2 Å². The lowest BCUT2D eigenvalue weighted by Crippen LogP contribution is -2.24. The van der Waals surface area contributed by atoms with Gasteiger partial charge in [0.15, 0.2) is 5.78 Å². The van der Waals surface area contributed by atoms with E-state index in [0.29, 0.717) is 38.0 Å². The molecule has 29 heavy (non-hydrogen) atoms. The number of ketones is 1. The molecule has 4 unspecified atom stereocenters. The Hall–Kier alpha value is -0.860. The summed E-state index contributed by atoms with van der Waals surface area (Å²) in [7, 11) is 0. The number of halogens is 1. The van der Waals surface area contributed by atoms with Crippen LogP contribution < -0.4 is 0 Å². The molecule has 0 aliphatic heterocycles. The predicted octanol–water partition coefficient (Wildman–Crippen LogP) is 2.73. The van der Waals surface area contributed by atoms with Crippen LogP contribution in [-0.2, 0) is 14.3 Å². The van der Waals surface area contributed by atoms with Crippen LogP contribution in [0.25, 0.3) is 0 Å². The molecule has 0 radical (unpaired) electrons. The summed E-state index contributed by atoms with van der Waals surface area (Å²) in [5, 5.41) is 29.5. The van der Waals surface area contributed by atoms with Crippen molar-refractivity contribution >= 4 is 5.78 Å². The molecule has 7 heteroatoms. The zero-order chi connectivity index (χ0) is 21.6. The summed E-state index contributed by atoms with van der Waals surface area (Å²) in [5.41, 5.74) is 0.529. The SMILES string of the molecule is CCCCC(O)COCCOCC(O)CCCC([18F])C(O)CC1=C[C@H](C)CC1=O. The Bertz CT molecular complexity index is 484. The molecule has 0 saturated carbocycles. The van der Waals surface area contributed by atoms with Gasteiger partial charge in [0, 0.05) is 12.8 Å². The van der Waals surface area contributed by atoms with Crippen LogP contribution in [0.5, 0.6) is 0 Å². The molecule has 6 nitrogen and oxygen atoms in total. The van der Waals surface area contributed by atoms with Crippen LogP contribution in [0.3, 0.4) is 0 Å². The fraction of sp³-hybridized carbons (Fsp3) is 0.864. The van der Waals surface area contributed by atoms with E-state index in [4.69, 9.17) is 9.47 Å². The Labute approximate surface area is 174 Å². The number of unbranched alkanes of at least 4 members (excludes halogenated alkanes) is 1. The number of aliphatic hydroxyl groups is 3. The molecular formula is C22H39FO6. The lowest BCUT2D eigenvalue weighted by molar-refractivity contribution is -0.115. The first kappa shape index (κ1) is 26.2. The molecular weight excluding hydrogens is 378 g/mol. The zero-order valence-corrected chi connectivity index (χ0v) is 17.9. The Morgan fingerprint density at radius 1 is 1.07 bits per heavy atom. The van der Waals surface area contributed by atoms with Gasteiger partial charge in [-0.2, -0.15) is 0 Å². The number of hydrogen-bond acceptors (Lipinski definition) is 6. The third kappa shape index (κ3) is 11.8. The Morgan fingerprint density at radius 2 is 1.66 bits per heavy atom. The lowest BCUT2D eigenvalue weighted by atomic mass is 9.99. The first-order valence-electron chi connectivity index (χ1n) is 10.9. The Balaban J connectivity index is 2.03. The van der Waals surface area contributed by atoms with Crippen molar-refractivity contribution in [1.29, 1.82) is 0 Å². The molecule has 1 rings (SSSR count). The van der Waals surface area contributed by atoms with Gasteiger partial charge >= 0.3 is 0 Å². The molecule has 1 aliphatic carbocycles. The lowest BCUT2D eigenvalue weighted by Gasteiger charge is -2.17. The van der Waals surface area contributed by atoms with E-state index in [-0.39, 0.29) is 37.8 Å². The van der Waals surface area contributed by atoms with Gasteiger partial charge in [-0.1, -0.05) is 32.8 Å². The number of allylic oxidation sites excluding steroid dienone is 1. The van der Waals surface area contributed by atoms with Crippen molar-refractivity contribution in [2.75, 3.05) is 26.4 Å². The van der Waals surface area contributed by atoms with Crippen molar-refractivity contribution in [3.05, 3.63) is 11.6 Å². The predicted molar refractivity (Wildman–Crippen MR) is 109 cm³/mol. The molecule has 0 bridgehead atoms. The summed E-state index contributed by atoms with van der Waals surface area (Å²) in [6, 6.07) is 0. The Morgan fingerprint density at radius 3 is 2.17 bits per heavy atom. The average Bonchev–Trinajstić information content (AvgIpc) is 2.99. The van der Waals surface area contributed by atoms with Crippen molar-refractivity contribution in [1.82, 2.24) is 0 Å². The van der Waals surface area contributed by atoms with E-state index in [9.17, 15) is 24.5 Å². The molecule has 3 N–H and O–H groups in total. The zero-order valence-electron chi connectivity index (χ0n) is 17.9. The number of alkyl halides is 1. The maximum absolute atomic E-state index is 14.1. The first-order valence-corrected chi connectivity index (χ1v) is 10.9. The number of rotatable bonds is 17. The van der Waals surface area contributed by atoms with Crippen LogP contribution in [0.4, 0.5) is 4.39 Å². The molecule has 170 valence electrons. The van der Waals surface area contributed by atoms with Gasteiger partial charge in [0.25, 0.3) is 0 Å². The second kappa shape index (κ2) is 15.0. The minimum atomic E-state index is -1.42. The molecule has 5 atom stereocenters. The molecule has 0 spiro atoms. The van der Waals surface area contributed by atoms with E-state index in [2.05, 4.69) is 6.92 Å². The van der Waals surface area contributed by atoms with Crippen LogP contribution in [0.1, 0.15) is 65.2 Å². The van der Waals surface area contributed by atoms with Crippen LogP contribution in [0.15, 0.2) is 11.6 Å². The number of ether oxygens (including phenoxy) is 2. The second-order valence-corrected chi connectivity index (χ2v) is 8.11. The van der Waals surface area contributed by atoms with E-state index in [1.54, 1.807) is 0 Å². The quantitative estimate of drug-likeness (QED) is 0.315. The minimum absolute atomic E-state index is 0.00392. The summed E-state index contributed by atoms with van der Waals surface area (Å²) >= 11 is 0. The summed E-state index contributed by atoms with van der Waals surface area (Å²) in [4.78, 5) is 11.7. The van der Waals surface area contributed by atoms with Crippen LogP contribution in [0, 0.1) is 5.92 Å². The molecule has 0 saturated heterocycles. The van der Waals surface area contributed by atoms with Gasteiger partial charge in [0.1, 0.15) is 6.17 Å². The van der Waals surface area contributed by atoms with Gasteiger partial charge in [0.05, 0.1) is 44.7 Å². The summed E-state index contributed by atoms with van der Waals surface area (Å²) in [5.74, 6) is 0.158. The van der Waals surface area contributed by atoms with E-state index in [0.717, 1.165) is 19.3 Å². The third-order valence-corrected chi connectivity index (χ3v) is 5.10. The van der Waals surface area contributed by atoms with E-state index in [1.165, 1.54) is 0 Å². The molecule has 0 aromatic heterocycles. The smallest absolute Gasteiger partial charge is 0.159 e. The van der Waals surface area contributed by atoms with Crippen LogP contribution in [0.2, 0.25) is 0 Å². The molecule has 0 heterocycles. The number of hydrogen-bond donors (Lipinski definition) is 3. The standard InChI is InChI=1S/C22H39FO6/c1-3-4-6-18(24)14-28-9-10-29-15-19(25)7-5-8-20(23)22(27)13-17-11-16(2)12-21(17)26/h11,16,18-20,22,24-25,27H,3-10,12-15H2,1-2H3/t16-,18?,19?,20?,22?/m0/s1/i23-1. The highest BCUT2D eigenvalue weighted by Crippen LogP contribution is 2.25. The molecule has 0 amide bonds. The average molecular weight is 418 g/mol.